The molecule has 0 aromatic heterocycles. The lowest BCUT2D eigenvalue weighted by Crippen LogP contribution is -2.56. The van der Waals surface area contributed by atoms with Gasteiger partial charge in [-0.1, -0.05) is 31.2 Å². The van der Waals surface area contributed by atoms with E-state index in [2.05, 4.69) is 10.6 Å². The van der Waals surface area contributed by atoms with Crippen LogP contribution in [0, 0.1) is 13.8 Å². The minimum Gasteiger partial charge on any atom is -0.508 e. The molecule has 1 aliphatic rings. The first kappa shape index (κ1) is 35.5. The Morgan fingerprint density at radius 3 is 2.16 bits per heavy atom. The number of aromatic hydroxyl groups is 1. The molecule has 0 aliphatic carbocycles. The molecular weight excluding hydrogens is 587 g/mol. The molecule has 0 saturated carbocycles. The zero-order valence-electron chi connectivity index (χ0n) is 24.6. The zero-order valence-corrected chi connectivity index (χ0v) is 24.6. The van der Waals surface area contributed by atoms with Crippen LogP contribution in [-0.2, 0) is 36.9 Å². The number of carboxylic acids is 1. The molecule has 0 unspecified atom stereocenters. The lowest BCUT2D eigenvalue weighted by atomic mass is 9.90. The fourth-order valence-corrected chi connectivity index (χ4v) is 4.77. The van der Waals surface area contributed by atoms with Gasteiger partial charge in [0.1, 0.15) is 17.8 Å². The molecule has 3 rings (SSSR count). The van der Waals surface area contributed by atoms with Gasteiger partial charge in [-0.2, -0.15) is 13.2 Å². The molecule has 0 saturated heterocycles. The highest BCUT2D eigenvalue weighted by Gasteiger charge is 2.38. The van der Waals surface area contributed by atoms with E-state index in [1.54, 1.807) is 12.1 Å². The van der Waals surface area contributed by atoms with E-state index in [1.165, 1.54) is 11.8 Å². The fourth-order valence-electron chi connectivity index (χ4n) is 4.77. The van der Waals surface area contributed by atoms with Crippen molar-refractivity contribution in [3.8, 4) is 5.75 Å². The number of halogens is 3. The van der Waals surface area contributed by atoms with Gasteiger partial charge in [0.25, 0.3) is 0 Å². The van der Waals surface area contributed by atoms with E-state index in [4.69, 9.17) is 21.4 Å². The summed E-state index contributed by atoms with van der Waals surface area (Å²) in [6, 6.07) is 7.82. The minimum absolute atomic E-state index is 0.140. The molecule has 0 radical (unpaired) electrons. The molecule has 1 aliphatic heterocycles. The molecule has 240 valence electrons. The van der Waals surface area contributed by atoms with Crippen LogP contribution in [0.3, 0.4) is 0 Å². The number of nitrogens with two attached hydrogens (primary N) is 2. The van der Waals surface area contributed by atoms with Crippen LogP contribution in [0.25, 0.3) is 0 Å². The zero-order chi connectivity index (χ0) is 33.5. The number of hydrogen-bond donors (Lipinski definition) is 6. The standard InChI is InChI=1S/C27H35N5O5.C2HF3O2/c1-14-9-19(33)10-15(2)21(14)11-22(28)26(36)30-17(4)25(35)31-24-16(3)20-8-6-5-7-18(20)12-32(27(24)37)13-23(29)34;3-2(4,5)1(6)7/h5-10,16-17,22,24,33H,11-13,28H2,1-4H3,(H2,29,34)(H,30,36)(H,31,35);(H,6,7)/t16-,17+,22-,24-;/m0./s1. The quantitative estimate of drug-likeness (QED) is 0.251. The van der Waals surface area contributed by atoms with Gasteiger partial charge in [0.05, 0.1) is 12.6 Å². The average Bonchev–Trinajstić information content (AvgIpc) is 3.00. The molecule has 4 amide bonds. The third kappa shape index (κ3) is 9.42. The average molecular weight is 624 g/mol. The predicted molar refractivity (Wildman–Crippen MR) is 152 cm³/mol. The Balaban J connectivity index is 0.000000860. The molecule has 12 nitrogen and oxygen atoms in total. The third-order valence-corrected chi connectivity index (χ3v) is 7.07. The number of phenolic OH excluding ortho intramolecular Hbond substituents is 1. The van der Waals surface area contributed by atoms with Gasteiger partial charge in [0.2, 0.25) is 23.6 Å². The number of nitrogens with zero attached hydrogens (tertiary/aromatic N) is 1. The molecule has 0 spiro atoms. The number of aliphatic carboxylic acids is 1. The van der Waals surface area contributed by atoms with Gasteiger partial charge < -0.3 is 37.2 Å². The maximum absolute atomic E-state index is 13.3. The van der Waals surface area contributed by atoms with Crippen LogP contribution in [0.2, 0.25) is 0 Å². The summed E-state index contributed by atoms with van der Waals surface area (Å²) < 4.78 is 31.7. The molecule has 2 aromatic rings. The maximum atomic E-state index is 13.3. The number of hydrogen-bond acceptors (Lipinski definition) is 7. The number of primary amides is 1. The number of carbonyl (C=O) groups is 5. The number of fused-ring (bicyclic) bond motifs is 1. The van der Waals surface area contributed by atoms with Gasteiger partial charge >= 0.3 is 12.1 Å². The van der Waals surface area contributed by atoms with E-state index in [-0.39, 0.29) is 31.2 Å². The van der Waals surface area contributed by atoms with Crippen LogP contribution < -0.4 is 22.1 Å². The van der Waals surface area contributed by atoms with Crippen LogP contribution >= 0.6 is 0 Å². The summed E-state index contributed by atoms with van der Waals surface area (Å²) in [6.07, 6.45) is -4.85. The van der Waals surface area contributed by atoms with Crippen LogP contribution in [0.1, 0.15) is 47.6 Å². The SMILES string of the molecule is Cc1cc(O)cc(C)c1C[C@H](N)C(=O)N[C@H](C)C(=O)N[C@@H]1C(=O)N(CC(N)=O)Cc2ccccc2[C@@H]1C.O=C(O)C(F)(F)F. The van der Waals surface area contributed by atoms with Crippen molar-refractivity contribution in [2.24, 2.45) is 11.5 Å². The Morgan fingerprint density at radius 1 is 1.09 bits per heavy atom. The van der Waals surface area contributed by atoms with Crippen molar-refractivity contribution in [2.45, 2.75) is 70.9 Å². The molecule has 15 heteroatoms. The van der Waals surface area contributed by atoms with Crippen molar-refractivity contribution in [1.29, 1.82) is 0 Å². The van der Waals surface area contributed by atoms with Gasteiger partial charge in [-0.3, -0.25) is 19.2 Å². The first-order valence-electron chi connectivity index (χ1n) is 13.4. The van der Waals surface area contributed by atoms with Crippen LogP contribution in [0.15, 0.2) is 36.4 Å². The Morgan fingerprint density at radius 2 is 1.64 bits per heavy atom. The normalized spacial score (nSPS) is 17.6. The minimum atomic E-state index is -5.08. The van der Waals surface area contributed by atoms with Crippen molar-refractivity contribution >= 4 is 29.6 Å². The van der Waals surface area contributed by atoms with E-state index in [1.807, 2.05) is 45.0 Å². The Bertz CT molecular complexity index is 1390. The summed E-state index contributed by atoms with van der Waals surface area (Å²) >= 11 is 0. The molecular formula is C29H36F3N5O7. The second kappa shape index (κ2) is 14.7. The first-order chi connectivity index (χ1) is 20.3. The van der Waals surface area contributed by atoms with Crippen molar-refractivity contribution in [3.63, 3.8) is 0 Å². The van der Waals surface area contributed by atoms with E-state index >= 15 is 0 Å². The van der Waals surface area contributed by atoms with Gasteiger partial charge in [-0.15, -0.1) is 0 Å². The lowest BCUT2D eigenvalue weighted by molar-refractivity contribution is -0.192. The number of phenols is 1. The van der Waals surface area contributed by atoms with Crippen LogP contribution in [-0.4, -0.2) is 75.6 Å². The molecule has 8 N–H and O–H groups in total. The van der Waals surface area contributed by atoms with Crippen molar-refractivity contribution < 1.29 is 47.4 Å². The highest BCUT2D eigenvalue weighted by atomic mass is 19.4. The largest absolute Gasteiger partial charge is 0.508 e. The summed E-state index contributed by atoms with van der Waals surface area (Å²) in [5.74, 6) is -5.15. The summed E-state index contributed by atoms with van der Waals surface area (Å²) in [4.78, 5) is 61.0. The molecule has 44 heavy (non-hydrogen) atoms. The van der Waals surface area contributed by atoms with E-state index < -0.39 is 53.9 Å². The third-order valence-electron chi connectivity index (χ3n) is 7.07. The number of amides is 4. The number of carbonyl (C=O) groups excluding carboxylic acids is 4. The predicted octanol–water partition coefficient (Wildman–Crippen LogP) is 1.13. The van der Waals surface area contributed by atoms with Gasteiger partial charge in [0.15, 0.2) is 0 Å². The second-order valence-electron chi connectivity index (χ2n) is 10.5. The number of nitrogens with one attached hydrogen (secondary N) is 2. The first-order valence-corrected chi connectivity index (χ1v) is 13.4. The molecule has 1 heterocycles. The fraction of sp³-hybridized carbons (Fsp3) is 0.414. The maximum Gasteiger partial charge on any atom is 0.490 e. The monoisotopic (exact) mass is 623 g/mol. The van der Waals surface area contributed by atoms with Crippen molar-refractivity contribution in [3.05, 3.63) is 64.2 Å². The van der Waals surface area contributed by atoms with Gasteiger partial charge in [-0.25, -0.2) is 4.79 Å². The smallest absolute Gasteiger partial charge is 0.490 e. The van der Waals surface area contributed by atoms with Gasteiger partial charge in [0, 0.05) is 12.5 Å². The highest BCUT2D eigenvalue weighted by Crippen LogP contribution is 2.29. The number of rotatable bonds is 8. The Labute approximate surface area is 251 Å². The molecule has 4 atom stereocenters. The van der Waals surface area contributed by atoms with Crippen LogP contribution in [0.5, 0.6) is 5.75 Å². The van der Waals surface area contributed by atoms with E-state index in [0.29, 0.717) is 0 Å². The number of benzene rings is 2. The summed E-state index contributed by atoms with van der Waals surface area (Å²) in [5.41, 5.74) is 15.7. The van der Waals surface area contributed by atoms with Crippen molar-refractivity contribution in [2.75, 3.05) is 6.54 Å². The Hall–Kier alpha value is -4.66. The molecule has 0 bridgehead atoms. The Kier molecular flexibility index (Phi) is 11.9. The van der Waals surface area contributed by atoms with Crippen LogP contribution in [0.4, 0.5) is 13.2 Å². The van der Waals surface area contributed by atoms with E-state index in [0.717, 1.165) is 27.8 Å². The number of aryl methyl sites for hydroxylation is 2. The highest BCUT2D eigenvalue weighted by molar-refractivity contribution is 5.94. The molecule has 0 fully saturated rings. The summed E-state index contributed by atoms with van der Waals surface area (Å²) in [5, 5.41) is 22.2. The molecule has 2 aromatic carbocycles. The number of carboxylic acid groups (broad SMARTS) is 1. The van der Waals surface area contributed by atoms with Crippen molar-refractivity contribution in [1.82, 2.24) is 15.5 Å². The topological polar surface area (TPSA) is 205 Å². The second-order valence-corrected chi connectivity index (χ2v) is 10.5. The lowest BCUT2D eigenvalue weighted by Gasteiger charge is -2.28. The summed E-state index contributed by atoms with van der Waals surface area (Å²) in [6.45, 7) is 6.92. The summed E-state index contributed by atoms with van der Waals surface area (Å²) in [7, 11) is 0. The van der Waals surface area contributed by atoms with E-state index in [9.17, 15) is 37.5 Å². The van der Waals surface area contributed by atoms with Gasteiger partial charge in [-0.05, 0) is 67.1 Å². The number of alkyl halides is 3.